The van der Waals surface area contributed by atoms with Gasteiger partial charge in [-0.3, -0.25) is 5.32 Å². The average Bonchev–Trinajstić information content (AvgIpc) is 2.40. The highest BCUT2D eigenvalue weighted by molar-refractivity contribution is 5.88. The summed E-state index contributed by atoms with van der Waals surface area (Å²) in [5.41, 5.74) is 0. The van der Waals surface area contributed by atoms with Crippen LogP contribution in [-0.2, 0) is 9.47 Å². The lowest BCUT2D eigenvalue weighted by molar-refractivity contribution is -0.0481. The van der Waals surface area contributed by atoms with E-state index in [2.05, 4.69) is 10.3 Å². The van der Waals surface area contributed by atoms with Crippen molar-refractivity contribution in [2.24, 2.45) is 0 Å². The van der Waals surface area contributed by atoms with Crippen LogP contribution >= 0.6 is 0 Å². The van der Waals surface area contributed by atoms with E-state index in [0.29, 0.717) is 32.1 Å². The lowest BCUT2D eigenvalue weighted by Crippen LogP contribution is -2.48. The smallest absolute Gasteiger partial charge is 0.323 e. The van der Waals surface area contributed by atoms with Gasteiger partial charge < -0.3 is 14.4 Å². The standard InChI is InChI=1S/C12H17N3O3/c1-17-9-10-8-15(6-7-18-10)12(16)14-11-4-2-3-5-13-11/h2-5,10H,6-9H2,1H3,(H,13,14,16). The van der Waals surface area contributed by atoms with Crippen molar-refractivity contribution in [2.45, 2.75) is 6.10 Å². The van der Waals surface area contributed by atoms with E-state index in [4.69, 9.17) is 9.47 Å². The number of anilines is 1. The quantitative estimate of drug-likeness (QED) is 0.869. The Hall–Kier alpha value is -1.66. The second kappa shape index (κ2) is 6.32. The zero-order chi connectivity index (χ0) is 12.8. The van der Waals surface area contributed by atoms with Gasteiger partial charge in [0.2, 0.25) is 0 Å². The predicted molar refractivity (Wildman–Crippen MR) is 66.4 cm³/mol. The molecule has 1 unspecified atom stereocenters. The van der Waals surface area contributed by atoms with Crippen molar-refractivity contribution in [3.63, 3.8) is 0 Å². The van der Waals surface area contributed by atoms with Crippen LogP contribution in [0, 0.1) is 0 Å². The minimum atomic E-state index is -0.155. The number of urea groups is 1. The number of methoxy groups -OCH3 is 1. The molecule has 1 aromatic rings. The first-order valence-electron chi connectivity index (χ1n) is 5.87. The third kappa shape index (κ3) is 3.41. The van der Waals surface area contributed by atoms with Gasteiger partial charge in [0, 0.05) is 19.9 Å². The fourth-order valence-electron chi connectivity index (χ4n) is 1.82. The molecule has 0 saturated carbocycles. The number of amides is 2. The van der Waals surface area contributed by atoms with Crippen LogP contribution in [0.2, 0.25) is 0 Å². The molecule has 2 amide bonds. The molecule has 6 nitrogen and oxygen atoms in total. The van der Waals surface area contributed by atoms with Gasteiger partial charge in [0.15, 0.2) is 0 Å². The van der Waals surface area contributed by atoms with Gasteiger partial charge in [-0.1, -0.05) is 6.07 Å². The van der Waals surface area contributed by atoms with E-state index < -0.39 is 0 Å². The van der Waals surface area contributed by atoms with Crippen molar-refractivity contribution in [3.05, 3.63) is 24.4 Å². The van der Waals surface area contributed by atoms with Gasteiger partial charge in [-0.15, -0.1) is 0 Å². The monoisotopic (exact) mass is 251 g/mol. The molecule has 0 radical (unpaired) electrons. The van der Waals surface area contributed by atoms with E-state index in [1.54, 1.807) is 30.3 Å². The second-order valence-electron chi connectivity index (χ2n) is 4.04. The van der Waals surface area contributed by atoms with Crippen LogP contribution in [0.1, 0.15) is 0 Å². The van der Waals surface area contributed by atoms with Crippen molar-refractivity contribution in [1.29, 1.82) is 0 Å². The summed E-state index contributed by atoms with van der Waals surface area (Å²) in [4.78, 5) is 17.8. The van der Waals surface area contributed by atoms with E-state index >= 15 is 0 Å². The summed E-state index contributed by atoms with van der Waals surface area (Å²) in [6.45, 7) is 2.14. The molecule has 1 N–H and O–H groups in total. The van der Waals surface area contributed by atoms with Crippen LogP contribution in [0.3, 0.4) is 0 Å². The van der Waals surface area contributed by atoms with Gasteiger partial charge >= 0.3 is 6.03 Å². The molecular formula is C12H17N3O3. The number of rotatable bonds is 3. The number of nitrogens with zero attached hydrogens (tertiary/aromatic N) is 2. The Bertz CT molecular complexity index is 383. The van der Waals surface area contributed by atoms with E-state index in [1.807, 2.05) is 6.07 Å². The Morgan fingerprint density at radius 3 is 3.28 bits per heavy atom. The van der Waals surface area contributed by atoms with Crippen molar-refractivity contribution < 1.29 is 14.3 Å². The minimum absolute atomic E-state index is 0.0572. The molecule has 1 aromatic heterocycles. The fourth-order valence-corrected chi connectivity index (χ4v) is 1.82. The summed E-state index contributed by atoms with van der Waals surface area (Å²) in [5, 5.41) is 2.75. The largest absolute Gasteiger partial charge is 0.382 e. The third-order valence-corrected chi connectivity index (χ3v) is 2.68. The van der Waals surface area contributed by atoms with Gasteiger partial charge in [-0.2, -0.15) is 0 Å². The van der Waals surface area contributed by atoms with Crippen LogP contribution in [0.25, 0.3) is 0 Å². The Kier molecular flexibility index (Phi) is 4.49. The van der Waals surface area contributed by atoms with Gasteiger partial charge in [0.1, 0.15) is 5.82 Å². The number of hydrogen-bond acceptors (Lipinski definition) is 4. The number of ether oxygens (including phenoxy) is 2. The first kappa shape index (κ1) is 12.8. The van der Waals surface area contributed by atoms with Crippen LogP contribution in [0.15, 0.2) is 24.4 Å². The molecule has 2 rings (SSSR count). The summed E-state index contributed by atoms with van der Waals surface area (Å²) in [6, 6.07) is 5.23. The normalized spacial score (nSPS) is 19.6. The first-order chi connectivity index (χ1) is 8.79. The summed E-state index contributed by atoms with van der Waals surface area (Å²) >= 11 is 0. The summed E-state index contributed by atoms with van der Waals surface area (Å²) in [6.07, 6.45) is 1.58. The number of nitrogens with one attached hydrogen (secondary N) is 1. The lowest BCUT2D eigenvalue weighted by Gasteiger charge is -2.32. The van der Waals surface area contributed by atoms with Crippen molar-refractivity contribution in [1.82, 2.24) is 9.88 Å². The van der Waals surface area contributed by atoms with Crippen LogP contribution < -0.4 is 5.32 Å². The molecule has 6 heteroatoms. The highest BCUT2D eigenvalue weighted by Crippen LogP contribution is 2.08. The van der Waals surface area contributed by atoms with Gasteiger partial charge in [0.25, 0.3) is 0 Å². The maximum Gasteiger partial charge on any atom is 0.323 e. The molecule has 0 spiro atoms. The Labute approximate surface area is 106 Å². The summed E-state index contributed by atoms with van der Waals surface area (Å²) < 4.78 is 10.5. The van der Waals surface area contributed by atoms with E-state index in [0.717, 1.165) is 0 Å². The molecule has 1 atom stereocenters. The van der Waals surface area contributed by atoms with Gasteiger partial charge in [-0.25, -0.2) is 9.78 Å². The van der Waals surface area contributed by atoms with Gasteiger partial charge in [-0.05, 0) is 12.1 Å². The highest BCUT2D eigenvalue weighted by Gasteiger charge is 2.24. The molecule has 0 aromatic carbocycles. The number of morpholine rings is 1. The number of carbonyl (C=O) groups is 1. The van der Waals surface area contributed by atoms with E-state index in [1.165, 1.54) is 0 Å². The van der Waals surface area contributed by atoms with Crippen molar-refractivity contribution in [2.75, 3.05) is 38.7 Å². The molecule has 0 bridgehead atoms. The fraction of sp³-hybridized carbons (Fsp3) is 0.500. The first-order valence-corrected chi connectivity index (χ1v) is 5.87. The topological polar surface area (TPSA) is 63.7 Å². The zero-order valence-electron chi connectivity index (χ0n) is 10.3. The Morgan fingerprint density at radius 1 is 1.67 bits per heavy atom. The SMILES string of the molecule is COCC1CN(C(=O)Nc2ccccn2)CCO1. The third-order valence-electron chi connectivity index (χ3n) is 2.68. The number of hydrogen-bond donors (Lipinski definition) is 1. The van der Waals surface area contributed by atoms with Crippen molar-refractivity contribution >= 4 is 11.8 Å². The minimum Gasteiger partial charge on any atom is -0.382 e. The number of pyridine rings is 1. The Balaban J connectivity index is 1.88. The predicted octanol–water partition coefficient (Wildman–Crippen LogP) is 0.961. The lowest BCUT2D eigenvalue weighted by atomic mass is 10.3. The molecular weight excluding hydrogens is 234 g/mol. The highest BCUT2D eigenvalue weighted by atomic mass is 16.5. The molecule has 18 heavy (non-hydrogen) atoms. The summed E-state index contributed by atoms with van der Waals surface area (Å²) in [5.74, 6) is 0.553. The van der Waals surface area contributed by atoms with Crippen LogP contribution in [-0.4, -0.2) is 55.4 Å². The molecule has 0 aliphatic carbocycles. The van der Waals surface area contributed by atoms with Crippen LogP contribution in [0.4, 0.5) is 10.6 Å². The van der Waals surface area contributed by atoms with Gasteiger partial charge in [0.05, 0.1) is 25.9 Å². The Morgan fingerprint density at radius 2 is 2.56 bits per heavy atom. The van der Waals surface area contributed by atoms with E-state index in [9.17, 15) is 4.79 Å². The maximum atomic E-state index is 12.0. The molecule has 2 heterocycles. The summed E-state index contributed by atoms with van der Waals surface area (Å²) in [7, 11) is 1.62. The molecule has 1 aliphatic rings. The molecule has 1 aliphatic heterocycles. The molecule has 1 saturated heterocycles. The zero-order valence-corrected chi connectivity index (χ0v) is 10.3. The molecule has 1 fully saturated rings. The number of carbonyl (C=O) groups excluding carboxylic acids is 1. The van der Waals surface area contributed by atoms with Crippen molar-refractivity contribution in [3.8, 4) is 0 Å². The number of aromatic nitrogens is 1. The van der Waals surface area contributed by atoms with E-state index in [-0.39, 0.29) is 12.1 Å². The average molecular weight is 251 g/mol. The molecule has 98 valence electrons. The van der Waals surface area contributed by atoms with Crippen LogP contribution in [0.5, 0.6) is 0 Å². The second-order valence-corrected chi connectivity index (χ2v) is 4.04. The maximum absolute atomic E-state index is 12.0.